The van der Waals surface area contributed by atoms with Crippen molar-refractivity contribution in [1.82, 2.24) is 5.32 Å². The van der Waals surface area contributed by atoms with E-state index in [1.807, 2.05) is 0 Å². The summed E-state index contributed by atoms with van der Waals surface area (Å²) in [6.07, 6.45) is -1.13. The number of halogens is 1. The molecule has 2 amide bonds. The molecule has 3 rings (SSSR count). The van der Waals surface area contributed by atoms with Gasteiger partial charge in [-0.2, -0.15) is 0 Å². The molecule has 1 aliphatic rings. The first-order valence-electron chi connectivity index (χ1n) is 8.99. The number of anilines is 1. The van der Waals surface area contributed by atoms with Gasteiger partial charge in [-0.3, -0.25) is 19.0 Å². The fraction of sp³-hybridized carbons (Fsp3) is 0.250. The van der Waals surface area contributed by atoms with Crippen LogP contribution in [-0.2, 0) is 24.9 Å². The Morgan fingerprint density at radius 1 is 1.30 bits per heavy atom. The van der Waals surface area contributed by atoms with E-state index in [4.69, 9.17) is 9.29 Å². The van der Waals surface area contributed by atoms with Crippen LogP contribution in [0.15, 0.2) is 42.5 Å². The second-order valence-electron chi connectivity index (χ2n) is 6.62. The van der Waals surface area contributed by atoms with Crippen LogP contribution in [0, 0.1) is 5.82 Å². The SMILES string of the molecule is CC(=O)NC[C@H]1CN(c2ccc(-c3ccc(CC(=O)OSO)cc3)c(F)c2)C(=O)O1. The molecule has 2 N–H and O–H groups in total. The third-order valence-electron chi connectivity index (χ3n) is 4.46. The van der Waals surface area contributed by atoms with Gasteiger partial charge in [0.05, 0.1) is 25.2 Å². The first-order chi connectivity index (χ1) is 14.4. The Bertz CT molecular complexity index is 953. The molecule has 0 aliphatic carbocycles. The maximum absolute atomic E-state index is 14.7. The van der Waals surface area contributed by atoms with E-state index in [1.165, 1.54) is 17.9 Å². The van der Waals surface area contributed by atoms with Crippen LogP contribution in [0.25, 0.3) is 11.1 Å². The number of carbonyl (C=O) groups excluding carboxylic acids is 3. The lowest BCUT2D eigenvalue weighted by atomic mass is 10.0. The van der Waals surface area contributed by atoms with Gasteiger partial charge in [0.1, 0.15) is 11.9 Å². The van der Waals surface area contributed by atoms with Gasteiger partial charge in [0.15, 0.2) is 0 Å². The summed E-state index contributed by atoms with van der Waals surface area (Å²) in [7, 11) is 0. The second kappa shape index (κ2) is 9.59. The van der Waals surface area contributed by atoms with Crippen LogP contribution in [0.3, 0.4) is 0 Å². The molecule has 0 spiro atoms. The number of carbonyl (C=O) groups is 3. The van der Waals surface area contributed by atoms with Crippen LogP contribution in [0.2, 0.25) is 0 Å². The maximum Gasteiger partial charge on any atom is 0.414 e. The van der Waals surface area contributed by atoms with Crippen molar-refractivity contribution in [2.45, 2.75) is 19.4 Å². The normalized spacial score (nSPS) is 15.6. The molecule has 0 radical (unpaired) electrons. The van der Waals surface area contributed by atoms with Crippen LogP contribution in [0.4, 0.5) is 14.9 Å². The predicted molar refractivity (Wildman–Crippen MR) is 108 cm³/mol. The Morgan fingerprint density at radius 3 is 2.67 bits per heavy atom. The predicted octanol–water partition coefficient (Wildman–Crippen LogP) is 3.16. The van der Waals surface area contributed by atoms with Gasteiger partial charge in [-0.25, -0.2) is 9.18 Å². The van der Waals surface area contributed by atoms with Gasteiger partial charge >= 0.3 is 12.1 Å². The molecule has 1 heterocycles. The minimum absolute atomic E-state index is 0.00771. The number of amides is 2. The lowest BCUT2D eigenvalue weighted by Gasteiger charge is -2.14. The summed E-state index contributed by atoms with van der Waals surface area (Å²) in [6, 6.07) is 11.1. The molecule has 2 aromatic rings. The average Bonchev–Trinajstić information content (AvgIpc) is 3.08. The Kier molecular flexibility index (Phi) is 6.91. The summed E-state index contributed by atoms with van der Waals surface area (Å²) < 4.78 is 32.8. The third kappa shape index (κ3) is 5.28. The lowest BCUT2D eigenvalue weighted by Crippen LogP contribution is -2.33. The van der Waals surface area contributed by atoms with E-state index in [1.54, 1.807) is 36.4 Å². The Hall–Kier alpha value is -3.11. The zero-order chi connectivity index (χ0) is 21.7. The van der Waals surface area contributed by atoms with Crippen molar-refractivity contribution in [3.63, 3.8) is 0 Å². The van der Waals surface area contributed by atoms with Crippen LogP contribution in [0.5, 0.6) is 0 Å². The second-order valence-corrected chi connectivity index (χ2v) is 6.94. The zero-order valence-electron chi connectivity index (χ0n) is 16.0. The van der Waals surface area contributed by atoms with E-state index in [9.17, 15) is 18.8 Å². The van der Waals surface area contributed by atoms with Gasteiger partial charge in [-0.05, 0) is 29.3 Å². The summed E-state index contributed by atoms with van der Waals surface area (Å²) >= 11 is -0.00771. The standard InChI is InChI=1S/C20H19FN2O6S/c1-12(24)22-10-16-11-23(20(26)28-16)15-6-7-17(18(21)9-15)14-4-2-13(3-5-14)8-19(25)29-30-27/h2-7,9,16,27H,8,10-11H2,1H3,(H,22,24)/t16-/m0/s1. The van der Waals surface area contributed by atoms with Crippen LogP contribution >= 0.6 is 12.3 Å². The van der Waals surface area contributed by atoms with E-state index in [-0.39, 0.29) is 37.7 Å². The van der Waals surface area contributed by atoms with Gasteiger partial charge in [0.2, 0.25) is 18.2 Å². The maximum atomic E-state index is 14.7. The van der Waals surface area contributed by atoms with Crippen LogP contribution < -0.4 is 10.2 Å². The van der Waals surface area contributed by atoms with Crippen molar-refractivity contribution in [3.05, 3.63) is 53.8 Å². The lowest BCUT2D eigenvalue weighted by molar-refractivity contribution is -0.132. The topological polar surface area (TPSA) is 105 Å². The van der Waals surface area contributed by atoms with E-state index in [2.05, 4.69) is 9.50 Å². The Morgan fingerprint density at radius 2 is 2.03 bits per heavy atom. The van der Waals surface area contributed by atoms with Crippen LogP contribution in [-0.4, -0.2) is 41.7 Å². The zero-order valence-corrected chi connectivity index (χ0v) is 16.8. The minimum atomic E-state index is -0.602. The molecule has 30 heavy (non-hydrogen) atoms. The fourth-order valence-electron chi connectivity index (χ4n) is 3.04. The molecular weight excluding hydrogens is 415 g/mol. The molecule has 1 atom stereocenters. The molecule has 1 fully saturated rings. The smallest absolute Gasteiger partial charge is 0.414 e. The third-order valence-corrected chi connectivity index (χ3v) is 4.72. The number of benzene rings is 2. The summed E-state index contributed by atoms with van der Waals surface area (Å²) in [6.45, 7) is 1.76. The molecule has 8 nitrogen and oxygen atoms in total. The van der Waals surface area contributed by atoms with Crippen molar-refractivity contribution < 1.29 is 32.2 Å². The number of hydrogen-bond donors (Lipinski definition) is 2. The number of ether oxygens (including phenoxy) is 1. The van der Waals surface area contributed by atoms with E-state index >= 15 is 0 Å². The highest BCUT2D eigenvalue weighted by Crippen LogP contribution is 2.29. The molecule has 0 aromatic heterocycles. The molecule has 10 heteroatoms. The van der Waals surface area contributed by atoms with Crippen molar-refractivity contribution in [1.29, 1.82) is 0 Å². The molecular formula is C20H19FN2O6S. The highest BCUT2D eigenvalue weighted by Gasteiger charge is 2.32. The van der Waals surface area contributed by atoms with Crippen molar-refractivity contribution in [3.8, 4) is 11.1 Å². The van der Waals surface area contributed by atoms with Gasteiger partial charge < -0.3 is 14.2 Å². The Balaban J connectivity index is 1.70. The summed E-state index contributed by atoms with van der Waals surface area (Å²) in [5.41, 5.74) is 1.94. The molecule has 0 saturated carbocycles. The van der Waals surface area contributed by atoms with Crippen molar-refractivity contribution >= 4 is 36.0 Å². The van der Waals surface area contributed by atoms with E-state index in [0.717, 1.165) is 0 Å². The number of nitrogens with zero attached hydrogens (tertiary/aromatic N) is 1. The molecule has 2 aromatic carbocycles. The first-order valence-corrected chi connectivity index (χ1v) is 9.69. The minimum Gasteiger partial charge on any atom is -0.442 e. The number of rotatable bonds is 7. The largest absolute Gasteiger partial charge is 0.442 e. The van der Waals surface area contributed by atoms with Crippen LogP contribution in [0.1, 0.15) is 12.5 Å². The molecule has 0 unspecified atom stereocenters. The molecule has 1 saturated heterocycles. The monoisotopic (exact) mass is 434 g/mol. The van der Waals surface area contributed by atoms with Gasteiger partial charge in [0.25, 0.3) is 0 Å². The summed E-state index contributed by atoms with van der Waals surface area (Å²) in [4.78, 5) is 35.8. The van der Waals surface area contributed by atoms with Gasteiger partial charge in [-0.15, -0.1) is 0 Å². The number of cyclic esters (lactones) is 1. The van der Waals surface area contributed by atoms with E-state index in [0.29, 0.717) is 22.4 Å². The molecule has 0 bridgehead atoms. The Labute approximate surface area is 176 Å². The highest BCUT2D eigenvalue weighted by atomic mass is 32.2. The van der Waals surface area contributed by atoms with E-state index < -0.39 is 24.0 Å². The molecule has 158 valence electrons. The molecule has 1 aliphatic heterocycles. The van der Waals surface area contributed by atoms with Gasteiger partial charge in [-0.1, -0.05) is 24.3 Å². The number of hydrogen-bond acceptors (Lipinski definition) is 7. The number of nitrogens with one attached hydrogen (secondary N) is 1. The van der Waals surface area contributed by atoms with Crippen molar-refractivity contribution in [2.75, 3.05) is 18.0 Å². The fourth-order valence-corrected chi connectivity index (χ4v) is 3.18. The highest BCUT2D eigenvalue weighted by molar-refractivity contribution is 7.89. The first kappa shape index (κ1) is 21.6. The van der Waals surface area contributed by atoms with Crippen molar-refractivity contribution in [2.24, 2.45) is 0 Å². The summed E-state index contributed by atoms with van der Waals surface area (Å²) in [5, 5.41) is 2.59. The quantitative estimate of drug-likeness (QED) is 0.645. The average molecular weight is 434 g/mol. The summed E-state index contributed by atoms with van der Waals surface area (Å²) in [5.74, 6) is -1.34. The van der Waals surface area contributed by atoms with Gasteiger partial charge in [0, 0.05) is 12.5 Å².